The first kappa shape index (κ1) is 21.7. The van der Waals surface area contributed by atoms with E-state index in [4.69, 9.17) is 4.74 Å². The minimum atomic E-state index is -3.96. The molecule has 0 radical (unpaired) electrons. The molecule has 3 unspecified atom stereocenters. The van der Waals surface area contributed by atoms with Gasteiger partial charge in [-0.25, -0.2) is 8.42 Å². The number of aryl methyl sites for hydroxylation is 1. The molecule has 2 saturated carbocycles. The van der Waals surface area contributed by atoms with Gasteiger partial charge in [-0.3, -0.25) is 9.10 Å². The summed E-state index contributed by atoms with van der Waals surface area (Å²) in [5, 5.41) is 3.11. The van der Waals surface area contributed by atoms with Crippen molar-refractivity contribution in [2.75, 3.05) is 17.5 Å². The molecule has 0 aromatic heterocycles. The van der Waals surface area contributed by atoms with Crippen LogP contribution < -0.4 is 14.4 Å². The molecule has 1 N–H and O–H groups in total. The van der Waals surface area contributed by atoms with Gasteiger partial charge in [-0.15, -0.1) is 0 Å². The van der Waals surface area contributed by atoms with Crippen LogP contribution in [0.1, 0.15) is 38.2 Å². The van der Waals surface area contributed by atoms with Crippen molar-refractivity contribution in [2.24, 2.45) is 11.8 Å². The van der Waals surface area contributed by atoms with Crippen LogP contribution in [0.4, 0.5) is 5.69 Å². The molecule has 2 aliphatic carbocycles. The van der Waals surface area contributed by atoms with Gasteiger partial charge in [0.25, 0.3) is 10.0 Å². The molecule has 2 aliphatic rings. The Morgan fingerprint density at radius 3 is 2.48 bits per heavy atom. The Labute approximate surface area is 184 Å². The second-order valence-electron chi connectivity index (χ2n) is 8.57. The molecule has 7 heteroatoms. The molecule has 0 spiro atoms. The Kier molecular flexibility index (Phi) is 6.23. The molecule has 31 heavy (non-hydrogen) atoms. The fourth-order valence-corrected chi connectivity index (χ4v) is 6.31. The van der Waals surface area contributed by atoms with Crippen LogP contribution in [0.2, 0.25) is 0 Å². The van der Waals surface area contributed by atoms with E-state index in [1.165, 1.54) is 17.1 Å². The van der Waals surface area contributed by atoms with Crippen LogP contribution in [-0.4, -0.2) is 33.5 Å². The molecule has 6 nitrogen and oxygen atoms in total. The van der Waals surface area contributed by atoms with Gasteiger partial charge in [-0.05, 0) is 69.2 Å². The molecule has 2 aromatic rings. The van der Waals surface area contributed by atoms with E-state index in [2.05, 4.69) is 5.32 Å². The molecule has 0 saturated heterocycles. The smallest absolute Gasteiger partial charge is 0.264 e. The standard InChI is InChI=1S/C24H30N2O4S/c1-3-30-23-7-5-4-6-22(23)26(31(28,29)20-12-8-17(2)9-13-20)16-24(27)25-21-15-18-10-11-19(21)14-18/h4-9,12-13,18-19,21H,3,10-11,14-16H2,1-2H3,(H,25,27). The van der Waals surface area contributed by atoms with Crippen molar-refractivity contribution in [3.05, 3.63) is 54.1 Å². The highest BCUT2D eigenvalue weighted by molar-refractivity contribution is 7.92. The van der Waals surface area contributed by atoms with Gasteiger partial charge in [-0.1, -0.05) is 36.2 Å². The Bertz CT molecular complexity index is 1040. The van der Waals surface area contributed by atoms with Crippen LogP contribution in [0.5, 0.6) is 5.75 Å². The Morgan fingerprint density at radius 1 is 1.10 bits per heavy atom. The summed E-state index contributed by atoms with van der Waals surface area (Å²) in [7, 11) is -3.96. The van der Waals surface area contributed by atoms with E-state index >= 15 is 0 Å². The van der Waals surface area contributed by atoms with E-state index in [0.717, 1.165) is 18.4 Å². The number of hydrogen-bond acceptors (Lipinski definition) is 4. The number of fused-ring (bicyclic) bond motifs is 2. The van der Waals surface area contributed by atoms with Crippen molar-refractivity contribution in [3.63, 3.8) is 0 Å². The van der Waals surface area contributed by atoms with Gasteiger partial charge in [0.15, 0.2) is 0 Å². The normalized spacial score (nSPS) is 22.3. The Balaban J connectivity index is 1.64. The van der Waals surface area contributed by atoms with Gasteiger partial charge in [-0.2, -0.15) is 0 Å². The maximum Gasteiger partial charge on any atom is 0.264 e. The molecule has 3 atom stereocenters. The van der Waals surface area contributed by atoms with E-state index < -0.39 is 10.0 Å². The van der Waals surface area contributed by atoms with Gasteiger partial charge in [0.1, 0.15) is 12.3 Å². The third kappa shape index (κ3) is 4.56. The fourth-order valence-electron chi connectivity index (χ4n) is 4.88. The number of ether oxygens (including phenoxy) is 1. The summed E-state index contributed by atoms with van der Waals surface area (Å²) < 4.78 is 34.0. The molecule has 2 aromatic carbocycles. The summed E-state index contributed by atoms with van der Waals surface area (Å²) in [6.07, 6.45) is 4.56. The summed E-state index contributed by atoms with van der Waals surface area (Å²) in [5.41, 5.74) is 1.34. The SMILES string of the molecule is CCOc1ccccc1N(CC(=O)NC1CC2CCC1C2)S(=O)(=O)c1ccc(C)cc1. The lowest BCUT2D eigenvalue weighted by Crippen LogP contribution is -2.46. The largest absolute Gasteiger partial charge is 0.492 e. The number of para-hydroxylation sites is 2. The average Bonchev–Trinajstić information content (AvgIpc) is 3.36. The molecule has 0 aliphatic heterocycles. The van der Waals surface area contributed by atoms with E-state index in [9.17, 15) is 13.2 Å². The predicted octanol–water partition coefficient (Wildman–Crippen LogP) is 3.89. The number of amides is 1. The number of carbonyl (C=O) groups is 1. The predicted molar refractivity (Wildman–Crippen MR) is 121 cm³/mol. The lowest BCUT2D eigenvalue weighted by Gasteiger charge is -2.28. The molecule has 166 valence electrons. The minimum absolute atomic E-state index is 0.150. The molecule has 4 rings (SSSR count). The molecule has 1 amide bonds. The zero-order valence-corrected chi connectivity index (χ0v) is 18.9. The second-order valence-corrected chi connectivity index (χ2v) is 10.4. The van der Waals surface area contributed by atoms with Crippen LogP contribution in [-0.2, 0) is 14.8 Å². The fraction of sp³-hybridized carbons (Fsp3) is 0.458. The highest BCUT2D eigenvalue weighted by Gasteiger charge is 2.40. The summed E-state index contributed by atoms with van der Waals surface area (Å²) in [6, 6.07) is 13.8. The molecular formula is C24H30N2O4S. The lowest BCUT2D eigenvalue weighted by molar-refractivity contribution is -0.120. The third-order valence-electron chi connectivity index (χ3n) is 6.41. The summed E-state index contributed by atoms with van der Waals surface area (Å²) in [6.45, 7) is 3.86. The van der Waals surface area contributed by atoms with Gasteiger partial charge in [0.2, 0.25) is 5.91 Å². The summed E-state index contributed by atoms with van der Waals surface area (Å²) in [5.74, 6) is 1.38. The number of benzene rings is 2. The first-order valence-electron chi connectivity index (χ1n) is 11.0. The van der Waals surface area contributed by atoms with E-state index in [0.29, 0.717) is 29.9 Å². The van der Waals surface area contributed by atoms with Gasteiger partial charge >= 0.3 is 0 Å². The first-order chi connectivity index (χ1) is 14.9. The Hall–Kier alpha value is -2.54. The summed E-state index contributed by atoms with van der Waals surface area (Å²) >= 11 is 0. The maximum absolute atomic E-state index is 13.6. The maximum atomic E-state index is 13.6. The highest BCUT2D eigenvalue weighted by Crippen LogP contribution is 2.44. The first-order valence-corrected chi connectivity index (χ1v) is 12.4. The van der Waals surface area contributed by atoms with Crippen molar-refractivity contribution in [3.8, 4) is 5.75 Å². The zero-order valence-electron chi connectivity index (χ0n) is 18.1. The van der Waals surface area contributed by atoms with Crippen molar-refractivity contribution in [1.29, 1.82) is 0 Å². The molecule has 2 fully saturated rings. The monoisotopic (exact) mass is 442 g/mol. The van der Waals surface area contributed by atoms with E-state index in [-0.39, 0.29) is 23.4 Å². The third-order valence-corrected chi connectivity index (χ3v) is 8.19. The molecule has 2 bridgehead atoms. The van der Waals surface area contributed by atoms with E-state index in [1.54, 1.807) is 48.5 Å². The molecule has 0 heterocycles. The number of anilines is 1. The topological polar surface area (TPSA) is 75.7 Å². The van der Waals surface area contributed by atoms with Crippen LogP contribution in [0.15, 0.2) is 53.4 Å². The van der Waals surface area contributed by atoms with E-state index in [1.807, 2.05) is 13.8 Å². The van der Waals surface area contributed by atoms with Gasteiger partial charge < -0.3 is 10.1 Å². The second kappa shape index (κ2) is 8.91. The molecular weight excluding hydrogens is 412 g/mol. The van der Waals surface area contributed by atoms with Crippen LogP contribution in [0.3, 0.4) is 0 Å². The zero-order chi connectivity index (χ0) is 22.0. The Morgan fingerprint density at radius 2 is 1.84 bits per heavy atom. The number of hydrogen-bond donors (Lipinski definition) is 1. The van der Waals surface area contributed by atoms with Crippen molar-refractivity contribution in [1.82, 2.24) is 5.32 Å². The van der Waals surface area contributed by atoms with Gasteiger partial charge in [0.05, 0.1) is 17.2 Å². The number of rotatable bonds is 8. The quantitative estimate of drug-likeness (QED) is 0.673. The van der Waals surface area contributed by atoms with Crippen LogP contribution in [0.25, 0.3) is 0 Å². The highest BCUT2D eigenvalue weighted by atomic mass is 32.2. The minimum Gasteiger partial charge on any atom is -0.492 e. The number of nitrogens with zero attached hydrogens (tertiary/aromatic N) is 1. The van der Waals surface area contributed by atoms with Gasteiger partial charge in [0, 0.05) is 6.04 Å². The number of carbonyl (C=O) groups excluding carboxylic acids is 1. The number of sulfonamides is 1. The average molecular weight is 443 g/mol. The summed E-state index contributed by atoms with van der Waals surface area (Å²) in [4.78, 5) is 13.2. The van der Waals surface area contributed by atoms with Crippen molar-refractivity contribution < 1.29 is 17.9 Å². The van der Waals surface area contributed by atoms with Crippen molar-refractivity contribution >= 4 is 21.6 Å². The number of nitrogens with one attached hydrogen (secondary N) is 1. The lowest BCUT2D eigenvalue weighted by atomic mass is 9.95. The van der Waals surface area contributed by atoms with Crippen molar-refractivity contribution in [2.45, 2.75) is 50.5 Å². The van der Waals surface area contributed by atoms with Crippen LogP contribution >= 0.6 is 0 Å². The van der Waals surface area contributed by atoms with Crippen LogP contribution in [0, 0.1) is 18.8 Å².